The van der Waals surface area contributed by atoms with Gasteiger partial charge in [-0.1, -0.05) is 49.9 Å². The number of nitrogens with zero attached hydrogens (tertiary/aromatic N) is 9. The molecule has 69 heavy (non-hydrogen) atoms. The molecular weight excluding hydrogens is 883 g/mol. The number of β-amino-alcohol motifs (C(OH)–C–C–N with tert-alkyl or cyclic N) is 1. The minimum atomic E-state index is -1.04. The van der Waals surface area contributed by atoms with Gasteiger partial charge in [0.1, 0.15) is 11.6 Å². The number of aliphatic hydroxyl groups is 2. The van der Waals surface area contributed by atoms with E-state index in [2.05, 4.69) is 49.3 Å². The van der Waals surface area contributed by atoms with Crippen molar-refractivity contribution in [1.82, 2.24) is 34.0 Å². The van der Waals surface area contributed by atoms with Crippen LogP contribution < -0.4 is 31.3 Å². The highest BCUT2D eigenvalue weighted by atomic mass is 19.2. The predicted octanol–water partition coefficient (Wildman–Crippen LogP) is 6.75. The fourth-order valence-corrected chi connectivity index (χ4v) is 9.24. The van der Waals surface area contributed by atoms with Crippen LogP contribution in [0.1, 0.15) is 43.7 Å². The number of aliphatic hydroxyl groups excluding tert-OH is 2. The molecule has 9 rings (SSSR count). The van der Waals surface area contributed by atoms with Crippen molar-refractivity contribution in [1.29, 1.82) is 0 Å². The highest BCUT2D eigenvalue weighted by molar-refractivity contribution is 6.04. The molecule has 0 unspecified atom stereocenters. The number of piperazine rings is 1. The van der Waals surface area contributed by atoms with E-state index >= 15 is 8.78 Å². The monoisotopic (exact) mass is 938 g/mol. The van der Waals surface area contributed by atoms with Gasteiger partial charge in [0.25, 0.3) is 11.5 Å². The maximum absolute atomic E-state index is 15.5. The van der Waals surface area contributed by atoms with Crippen molar-refractivity contribution in [2.24, 2.45) is 0 Å². The number of para-hydroxylation sites is 1. The van der Waals surface area contributed by atoms with E-state index in [4.69, 9.17) is 9.97 Å². The molecule has 1 atom stereocenters. The summed E-state index contributed by atoms with van der Waals surface area (Å²) >= 11 is 0. The standard InChI is InChI=1S/C51H56F2N12O4/c1-3-35-30-56-65-43(27-44(59-49(35)65)64-18-5-4-11-39(64)17-24-66)54-28-34-13-16-45(68)63(32-34)31-33(2)50(69)57-38-10-6-8-36(26-38)40-12-7-9-37-29-55-51(60-48(37)40)58-41-14-15-42(47(53)46(41)52)62-21-19-61(20-22-62)23-25-67/h6-10,12-16,26-27,29-30,32,39,54,66-67H,2-5,11,17-25,28,31H2,1H3,(H,57,69)(H,55,58,60)/t39-/m1/s1. The summed E-state index contributed by atoms with van der Waals surface area (Å²) in [5, 5.41) is 33.7. The zero-order valence-electron chi connectivity index (χ0n) is 38.5. The minimum Gasteiger partial charge on any atom is -0.396 e. The molecule has 2 aliphatic rings. The van der Waals surface area contributed by atoms with Crippen LogP contribution in [-0.2, 0) is 24.3 Å². The molecule has 2 fully saturated rings. The molecule has 1 amide bonds. The Morgan fingerprint density at radius 2 is 1.75 bits per heavy atom. The number of piperidine rings is 1. The van der Waals surface area contributed by atoms with Crippen LogP contribution in [0.2, 0.25) is 0 Å². The van der Waals surface area contributed by atoms with Gasteiger partial charge in [-0.25, -0.2) is 23.7 Å². The number of hydrogen-bond acceptors (Lipinski definition) is 13. The molecule has 4 aromatic heterocycles. The molecule has 2 aliphatic heterocycles. The summed E-state index contributed by atoms with van der Waals surface area (Å²) in [6, 6.07) is 21.2. The summed E-state index contributed by atoms with van der Waals surface area (Å²) < 4.78 is 34.2. The summed E-state index contributed by atoms with van der Waals surface area (Å²) in [4.78, 5) is 47.0. The van der Waals surface area contributed by atoms with Gasteiger partial charge in [0.05, 0.1) is 36.2 Å². The number of carbonyl (C=O) groups excluding carboxylic acids is 1. The highest BCUT2D eigenvalue weighted by Crippen LogP contribution is 2.33. The van der Waals surface area contributed by atoms with Crippen LogP contribution in [0.25, 0.3) is 27.7 Å². The van der Waals surface area contributed by atoms with E-state index in [1.54, 1.807) is 52.1 Å². The second-order valence-electron chi connectivity index (χ2n) is 17.5. The van der Waals surface area contributed by atoms with Gasteiger partial charge in [-0.05, 0) is 67.5 Å². The maximum Gasteiger partial charge on any atom is 0.252 e. The highest BCUT2D eigenvalue weighted by Gasteiger charge is 2.26. The number of anilines is 6. The second kappa shape index (κ2) is 20.9. The molecule has 0 bridgehead atoms. The lowest BCUT2D eigenvalue weighted by Crippen LogP contribution is -2.47. The van der Waals surface area contributed by atoms with Crippen molar-refractivity contribution in [2.75, 3.05) is 78.2 Å². The Bertz CT molecular complexity index is 3060. The first kappa shape index (κ1) is 46.8. The molecule has 3 aromatic carbocycles. The molecule has 358 valence electrons. The number of amides is 1. The van der Waals surface area contributed by atoms with Crippen molar-refractivity contribution in [3.8, 4) is 11.1 Å². The van der Waals surface area contributed by atoms with Crippen molar-refractivity contribution < 1.29 is 23.8 Å². The van der Waals surface area contributed by atoms with Gasteiger partial charge in [0.15, 0.2) is 17.3 Å². The van der Waals surface area contributed by atoms with Crippen LogP contribution >= 0.6 is 0 Å². The van der Waals surface area contributed by atoms with Gasteiger partial charge in [-0.3, -0.25) is 14.5 Å². The smallest absolute Gasteiger partial charge is 0.252 e. The number of rotatable bonds is 17. The van der Waals surface area contributed by atoms with E-state index < -0.39 is 17.5 Å². The van der Waals surface area contributed by atoms with Gasteiger partial charge in [-0.2, -0.15) is 9.61 Å². The van der Waals surface area contributed by atoms with Gasteiger partial charge in [0, 0.05) is 111 Å². The number of nitrogens with one attached hydrogen (secondary N) is 3. The molecule has 5 N–H and O–H groups in total. The summed E-state index contributed by atoms with van der Waals surface area (Å²) in [5.41, 5.74) is 5.02. The van der Waals surface area contributed by atoms with E-state index in [0.717, 1.165) is 66.2 Å². The van der Waals surface area contributed by atoms with E-state index in [1.165, 1.54) is 16.7 Å². The fourth-order valence-electron chi connectivity index (χ4n) is 9.24. The Labute approximate surface area is 398 Å². The van der Waals surface area contributed by atoms with E-state index in [9.17, 15) is 19.8 Å². The molecular formula is C51H56F2N12O4. The third-order valence-electron chi connectivity index (χ3n) is 13.0. The maximum atomic E-state index is 15.5. The molecule has 0 saturated carbocycles. The van der Waals surface area contributed by atoms with E-state index in [1.807, 2.05) is 36.5 Å². The number of halogens is 2. The number of aromatic nitrogens is 6. The molecule has 0 spiro atoms. The third kappa shape index (κ3) is 10.3. The molecule has 6 heterocycles. The van der Waals surface area contributed by atoms with Crippen molar-refractivity contribution in [2.45, 2.75) is 58.2 Å². The molecule has 18 heteroatoms. The van der Waals surface area contributed by atoms with Crippen molar-refractivity contribution in [3.05, 3.63) is 137 Å². The Kier molecular flexibility index (Phi) is 14.2. The number of carbonyl (C=O) groups is 1. The quantitative estimate of drug-likeness (QED) is 0.0606. The van der Waals surface area contributed by atoms with Crippen molar-refractivity contribution >= 4 is 57.1 Å². The molecule has 7 aromatic rings. The van der Waals surface area contributed by atoms with Crippen molar-refractivity contribution in [3.63, 3.8) is 0 Å². The Balaban J connectivity index is 0.868. The Morgan fingerprint density at radius 1 is 0.913 bits per heavy atom. The summed E-state index contributed by atoms with van der Waals surface area (Å²) in [5.74, 6) is -0.821. The predicted molar refractivity (Wildman–Crippen MR) is 265 cm³/mol. The van der Waals surface area contributed by atoms with Crippen LogP contribution in [0.5, 0.6) is 0 Å². The van der Waals surface area contributed by atoms with Gasteiger partial charge in [0.2, 0.25) is 5.95 Å². The van der Waals surface area contributed by atoms with E-state index in [-0.39, 0.29) is 54.3 Å². The van der Waals surface area contributed by atoms with Crippen LogP contribution in [0, 0.1) is 11.6 Å². The number of fused-ring (bicyclic) bond motifs is 2. The second-order valence-corrected chi connectivity index (χ2v) is 17.5. The Morgan fingerprint density at radius 3 is 2.57 bits per heavy atom. The molecule has 0 radical (unpaired) electrons. The van der Waals surface area contributed by atoms with Gasteiger partial charge in [-0.15, -0.1) is 0 Å². The minimum absolute atomic E-state index is 0.0479. The molecule has 16 nitrogen and oxygen atoms in total. The zero-order chi connectivity index (χ0) is 48.0. The van der Waals surface area contributed by atoms with E-state index in [0.29, 0.717) is 67.8 Å². The third-order valence-corrected chi connectivity index (χ3v) is 13.0. The average Bonchev–Trinajstić information content (AvgIpc) is 3.79. The van der Waals surface area contributed by atoms with Gasteiger partial charge >= 0.3 is 0 Å². The fraction of sp³-hybridized carbons (Fsp3) is 0.333. The number of aryl methyl sites for hydroxylation is 1. The topological polar surface area (TPSA) is 181 Å². The van der Waals surface area contributed by atoms with Crippen LogP contribution in [0.3, 0.4) is 0 Å². The summed E-state index contributed by atoms with van der Waals surface area (Å²) in [6.45, 7) is 10.3. The summed E-state index contributed by atoms with van der Waals surface area (Å²) in [7, 11) is 0. The largest absolute Gasteiger partial charge is 0.396 e. The zero-order valence-corrected chi connectivity index (χ0v) is 38.5. The first-order valence-electron chi connectivity index (χ1n) is 23.5. The SMILES string of the molecule is C=C(Cn1cc(CNc2cc(N3CCCC[C@@H]3CCO)nc3c(CC)cnn23)ccc1=O)C(=O)Nc1cccc(-c2cccc3cnc(Nc4ccc(N5CCN(CCO)CC5)c(F)c4F)nc23)c1. The normalized spacial score (nSPS) is 15.5. The van der Waals surface area contributed by atoms with Crippen LogP contribution in [0.15, 0.2) is 108 Å². The lowest BCUT2D eigenvalue weighted by atomic mass is 9.99. The first-order valence-corrected chi connectivity index (χ1v) is 23.5. The number of benzene rings is 3. The first-order chi connectivity index (χ1) is 33.6. The number of hydrogen-bond donors (Lipinski definition) is 5. The lowest BCUT2D eigenvalue weighted by molar-refractivity contribution is -0.113. The van der Waals surface area contributed by atoms with Crippen LogP contribution in [0.4, 0.5) is 43.4 Å². The lowest BCUT2D eigenvalue weighted by Gasteiger charge is -2.36. The average molecular weight is 939 g/mol. The molecule has 0 aliphatic carbocycles. The Hall–Kier alpha value is -7.28. The van der Waals surface area contributed by atoms with Gasteiger partial charge < -0.3 is 40.5 Å². The number of pyridine rings is 1. The van der Waals surface area contributed by atoms with Crippen LogP contribution in [-0.4, -0.2) is 109 Å². The molecule has 2 saturated heterocycles. The summed E-state index contributed by atoms with van der Waals surface area (Å²) in [6.07, 6.45) is 9.75.